The van der Waals surface area contributed by atoms with E-state index in [1.165, 1.54) is 0 Å². The van der Waals surface area contributed by atoms with E-state index in [-0.39, 0.29) is 35.8 Å². The third-order valence-electron chi connectivity index (χ3n) is 4.87. The van der Waals surface area contributed by atoms with Gasteiger partial charge in [0.05, 0.1) is 12.8 Å². The number of guanidine groups is 1. The number of hydrogen-bond acceptors (Lipinski definition) is 4. The Bertz CT molecular complexity index is 643. The van der Waals surface area contributed by atoms with Crippen molar-refractivity contribution in [2.75, 3.05) is 58.3 Å². The molecule has 3 rings (SSSR count). The van der Waals surface area contributed by atoms with Crippen LogP contribution in [-0.2, 0) is 4.79 Å². The van der Waals surface area contributed by atoms with Gasteiger partial charge >= 0.3 is 0 Å². The molecular formula is C19H30IN5O2. The second-order valence-electron chi connectivity index (χ2n) is 6.69. The first kappa shape index (κ1) is 21.6. The van der Waals surface area contributed by atoms with Gasteiger partial charge in [0.25, 0.3) is 0 Å². The van der Waals surface area contributed by atoms with Crippen LogP contribution in [0.1, 0.15) is 12.8 Å². The van der Waals surface area contributed by atoms with Crippen molar-refractivity contribution in [3.63, 3.8) is 0 Å². The fraction of sp³-hybridized carbons (Fsp3) is 0.579. The molecule has 2 aliphatic rings. The summed E-state index contributed by atoms with van der Waals surface area (Å²) < 4.78 is 5.47. The van der Waals surface area contributed by atoms with E-state index in [2.05, 4.69) is 31.5 Å². The van der Waals surface area contributed by atoms with Gasteiger partial charge in [-0.2, -0.15) is 0 Å². The quantitative estimate of drug-likeness (QED) is 0.276. The van der Waals surface area contributed by atoms with Crippen molar-refractivity contribution in [1.29, 1.82) is 0 Å². The van der Waals surface area contributed by atoms with E-state index in [1.807, 2.05) is 18.2 Å². The molecule has 7 nitrogen and oxygen atoms in total. The Labute approximate surface area is 178 Å². The Morgan fingerprint density at radius 3 is 2.44 bits per heavy atom. The molecule has 27 heavy (non-hydrogen) atoms. The molecule has 0 atom stereocenters. The van der Waals surface area contributed by atoms with Gasteiger partial charge in [-0.05, 0) is 25.0 Å². The summed E-state index contributed by atoms with van der Waals surface area (Å²) in [5.41, 5.74) is 1.14. The van der Waals surface area contributed by atoms with Gasteiger partial charge in [-0.15, -0.1) is 24.0 Å². The molecule has 0 spiro atoms. The number of nitrogens with one attached hydrogen (secondary N) is 2. The first-order valence-corrected chi connectivity index (χ1v) is 9.34. The molecule has 0 bridgehead atoms. The van der Waals surface area contributed by atoms with Gasteiger partial charge in [-0.25, -0.2) is 0 Å². The summed E-state index contributed by atoms with van der Waals surface area (Å²) in [6, 6.07) is 8.13. The molecule has 1 aliphatic heterocycles. The maximum Gasteiger partial charge on any atom is 0.223 e. The van der Waals surface area contributed by atoms with Gasteiger partial charge in [0, 0.05) is 52.2 Å². The van der Waals surface area contributed by atoms with Gasteiger partial charge in [-0.3, -0.25) is 9.79 Å². The van der Waals surface area contributed by atoms with E-state index < -0.39 is 0 Å². The lowest BCUT2D eigenvalue weighted by atomic mass is 10.2. The van der Waals surface area contributed by atoms with Crippen LogP contribution < -0.4 is 20.3 Å². The third-order valence-corrected chi connectivity index (χ3v) is 4.87. The number of piperazine rings is 1. The fourth-order valence-corrected chi connectivity index (χ4v) is 3.23. The molecule has 2 N–H and O–H groups in total. The summed E-state index contributed by atoms with van der Waals surface area (Å²) in [7, 11) is 3.51. The minimum atomic E-state index is 0. The number of rotatable bonds is 6. The highest BCUT2D eigenvalue weighted by atomic mass is 127. The second-order valence-corrected chi connectivity index (χ2v) is 6.69. The number of para-hydroxylation sites is 2. The van der Waals surface area contributed by atoms with Gasteiger partial charge in [0.2, 0.25) is 5.91 Å². The number of hydrogen-bond donors (Lipinski definition) is 2. The zero-order valence-electron chi connectivity index (χ0n) is 16.1. The third kappa shape index (κ3) is 5.88. The summed E-state index contributed by atoms with van der Waals surface area (Å²) in [4.78, 5) is 20.6. The number of carbonyl (C=O) groups excluding carboxylic acids is 1. The largest absolute Gasteiger partial charge is 0.495 e. The number of methoxy groups -OCH3 is 1. The van der Waals surface area contributed by atoms with Crippen molar-refractivity contribution in [3.05, 3.63) is 24.3 Å². The number of ether oxygens (including phenoxy) is 1. The van der Waals surface area contributed by atoms with Crippen LogP contribution >= 0.6 is 24.0 Å². The Morgan fingerprint density at radius 2 is 1.81 bits per heavy atom. The molecule has 8 heteroatoms. The zero-order valence-corrected chi connectivity index (χ0v) is 18.4. The van der Waals surface area contributed by atoms with E-state index in [0.717, 1.165) is 56.4 Å². The van der Waals surface area contributed by atoms with Crippen LogP contribution in [0.15, 0.2) is 29.3 Å². The number of nitrogens with zero attached hydrogens (tertiary/aromatic N) is 3. The molecule has 150 valence electrons. The van der Waals surface area contributed by atoms with Crippen molar-refractivity contribution in [1.82, 2.24) is 15.5 Å². The minimum Gasteiger partial charge on any atom is -0.495 e. The normalized spacial score (nSPS) is 17.2. The Balaban J connectivity index is 0.00000261. The summed E-state index contributed by atoms with van der Waals surface area (Å²) >= 11 is 0. The van der Waals surface area contributed by atoms with Crippen molar-refractivity contribution in [2.24, 2.45) is 10.9 Å². The predicted molar refractivity (Wildman–Crippen MR) is 119 cm³/mol. The van der Waals surface area contributed by atoms with Gasteiger partial charge < -0.3 is 25.2 Å². The first-order chi connectivity index (χ1) is 12.7. The Morgan fingerprint density at radius 1 is 1.15 bits per heavy atom. The van der Waals surface area contributed by atoms with E-state index in [4.69, 9.17) is 4.74 Å². The van der Waals surface area contributed by atoms with E-state index >= 15 is 0 Å². The van der Waals surface area contributed by atoms with Crippen LogP contribution in [0.4, 0.5) is 5.69 Å². The van der Waals surface area contributed by atoms with Gasteiger partial charge in [-0.1, -0.05) is 12.1 Å². The number of anilines is 1. The molecule has 1 saturated heterocycles. The average Bonchev–Trinajstić information content (AvgIpc) is 3.53. The number of amides is 1. The minimum absolute atomic E-state index is 0. The molecule has 1 amide bonds. The van der Waals surface area contributed by atoms with Crippen molar-refractivity contribution < 1.29 is 9.53 Å². The second kappa shape index (κ2) is 10.6. The highest BCUT2D eigenvalue weighted by Crippen LogP contribution is 2.29. The average molecular weight is 487 g/mol. The van der Waals surface area contributed by atoms with E-state index in [9.17, 15) is 4.79 Å². The van der Waals surface area contributed by atoms with Crippen LogP contribution in [0.25, 0.3) is 0 Å². The standard InChI is InChI=1S/C19H29N5O2.HI/c1-20-19(22-10-9-21-18(25)15-7-8-15)24-13-11-23(12-14-24)16-5-3-4-6-17(16)26-2;/h3-6,15H,7-14H2,1-2H3,(H,20,22)(H,21,25);1H. The topological polar surface area (TPSA) is 69.2 Å². The van der Waals surface area contributed by atoms with Crippen molar-refractivity contribution >= 4 is 41.5 Å². The number of carbonyl (C=O) groups is 1. The maximum absolute atomic E-state index is 11.6. The molecule has 1 aliphatic carbocycles. The highest BCUT2D eigenvalue weighted by Gasteiger charge is 2.29. The molecule has 0 aromatic heterocycles. The SMILES string of the molecule is CN=C(NCCNC(=O)C1CC1)N1CCN(c2ccccc2OC)CC1.I. The van der Waals surface area contributed by atoms with Crippen molar-refractivity contribution in [3.8, 4) is 5.75 Å². The summed E-state index contributed by atoms with van der Waals surface area (Å²) in [5, 5.41) is 6.32. The monoisotopic (exact) mass is 487 g/mol. The maximum atomic E-state index is 11.6. The predicted octanol–water partition coefficient (Wildman–Crippen LogP) is 1.54. The molecule has 1 aromatic rings. The summed E-state index contributed by atoms with van der Waals surface area (Å²) in [6.45, 7) is 4.95. The Hall–Kier alpha value is -1.71. The number of aliphatic imine (C=N–C) groups is 1. The molecule has 1 saturated carbocycles. The van der Waals surface area contributed by atoms with Crippen LogP contribution in [-0.4, -0.2) is 70.2 Å². The highest BCUT2D eigenvalue weighted by molar-refractivity contribution is 14.0. The molecule has 1 heterocycles. The lowest BCUT2D eigenvalue weighted by Gasteiger charge is -2.38. The molecule has 2 fully saturated rings. The lowest BCUT2D eigenvalue weighted by molar-refractivity contribution is -0.122. The summed E-state index contributed by atoms with van der Waals surface area (Å²) in [5.74, 6) is 2.25. The molecular weight excluding hydrogens is 457 g/mol. The van der Waals surface area contributed by atoms with Crippen LogP contribution in [0.2, 0.25) is 0 Å². The number of halogens is 1. The van der Waals surface area contributed by atoms with E-state index in [0.29, 0.717) is 13.1 Å². The lowest BCUT2D eigenvalue weighted by Crippen LogP contribution is -2.53. The van der Waals surface area contributed by atoms with E-state index in [1.54, 1.807) is 14.2 Å². The summed E-state index contributed by atoms with van der Waals surface area (Å²) in [6.07, 6.45) is 2.08. The smallest absolute Gasteiger partial charge is 0.223 e. The molecule has 0 unspecified atom stereocenters. The van der Waals surface area contributed by atoms with Crippen LogP contribution in [0.3, 0.4) is 0 Å². The van der Waals surface area contributed by atoms with Crippen molar-refractivity contribution in [2.45, 2.75) is 12.8 Å². The van der Waals surface area contributed by atoms with Gasteiger partial charge in [0.15, 0.2) is 5.96 Å². The fourth-order valence-electron chi connectivity index (χ4n) is 3.23. The Kier molecular flexibility index (Phi) is 8.46. The first-order valence-electron chi connectivity index (χ1n) is 9.34. The van der Waals surface area contributed by atoms with Crippen LogP contribution in [0, 0.1) is 5.92 Å². The van der Waals surface area contributed by atoms with Gasteiger partial charge in [0.1, 0.15) is 5.75 Å². The molecule has 0 radical (unpaired) electrons. The number of benzene rings is 1. The molecule has 1 aromatic carbocycles. The zero-order chi connectivity index (χ0) is 18.4. The van der Waals surface area contributed by atoms with Crippen LogP contribution in [0.5, 0.6) is 5.75 Å².